The van der Waals surface area contributed by atoms with Crippen molar-refractivity contribution >= 4 is 50.8 Å². The predicted octanol–water partition coefficient (Wildman–Crippen LogP) is 8.09. The molecule has 44 heavy (non-hydrogen) atoms. The average molecular weight is 635 g/mol. The highest BCUT2D eigenvalue weighted by molar-refractivity contribution is 7.21. The van der Waals surface area contributed by atoms with Gasteiger partial charge in [-0.15, -0.1) is 11.3 Å². The van der Waals surface area contributed by atoms with Crippen LogP contribution in [0.25, 0.3) is 21.2 Å². The SMILES string of the molecule is COc1ccc(-c2ccc(N)nc2)cc1CN(C(=O)c1sc2ccccc2c1Cl)C1CCC(C(NC(=O)O)C(C)(C)C)CC1. The second-order valence-corrected chi connectivity index (χ2v) is 14.0. The first kappa shape index (κ1) is 31.6. The number of nitrogens with one attached hydrogen (secondary N) is 1. The van der Waals surface area contributed by atoms with Gasteiger partial charge in [0, 0.05) is 46.0 Å². The molecule has 0 radical (unpaired) electrons. The largest absolute Gasteiger partial charge is 0.496 e. The van der Waals surface area contributed by atoms with Crippen LogP contribution < -0.4 is 15.8 Å². The molecule has 2 amide bonds. The van der Waals surface area contributed by atoms with Gasteiger partial charge in [-0.2, -0.15) is 0 Å². The standard InChI is InChI=1S/C34H39ClN4O4S/c1-34(2,3)31(38-33(41)42)20-9-13-24(14-10-20)39(32(40)30-29(35)25-7-5-6-8-27(25)44-30)19-23-17-21(11-15-26(23)43-4)22-12-16-28(36)37-18-22/h5-8,11-12,15-18,20,24,31,38H,9-10,13-14,19H2,1-4H3,(H2,36,37)(H,41,42). The Kier molecular flexibility index (Phi) is 9.37. The smallest absolute Gasteiger partial charge is 0.404 e. The average Bonchev–Trinajstić information content (AvgIpc) is 3.34. The Morgan fingerprint density at radius 1 is 1.11 bits per heavy atom. The maximum absolute atomic E-state index is 14.4. The van der Waals surface area contributed by atoms with E-state index in [2.05, 4.69) is 31.1 Å². The first-order valence-electron chi connectivity index (χ1n) is 14.8. The van der Waals surface area contributed by atoms with E-state index in [0.717, 1.165) is 52.5 Å². The van der Waals surface area contributed by atoms with E-state index in [0.29, 0.717) is 28.0 Å². The van der Waals surface area contributed by atoms with Gasteiger partial charge >= 0.3 is 6.09 Å². The lowest BCUT2D eigenvalue weighted by Gasteiger charge is -2.43. The summed E-state index contributed by atoms with van der Waals surface area (Å²) in [5.41, 5.74) is 8.30. The molecular formula is C34H39ClN4O4S. The van der Waals surface area contributed by atoms with Crippen LogP contribution in [0.4, 0.5) is 10.6 Å². The quantitative estimate of drug-likeness (QED) is 0.180. The van der Waals surface area contributed by atoms with Crippen LogP contribution in [-0.2, 0) is 6.54 Å². The Bertz CT molecular complexity index is 1640. The molecule has 1 aliphatic rings. The maximum atomic E-state index is 14.4. The van der Waals surface area contributed by atoms with Crippen LogP contribution in [0.2, 0.25) is 5.02 Å². The van der Waals surface area contributed by atoms with E-state index in [1.54, 1.807) is 19.4 Å². The van der Waals surface area contributed by atoms with Gasteiger partial charge in [-0.25, -0.2) is 9.78 Å². The normalized spacial score (nSPS) is 17.7. The van der Waals surface area contributed by atoms with Gasteiger partial charge in [-0.05, 0) is 72.9 Å². The fraction of sp³-hybridized carbons (Fsp3) is 0.382. The molecule has 2 aromatic carbocycles. The van der Waals surface area contributed by atoms with E-state index in [4.69, 9.17) is 22.1 Å². The van der Waals surface area contributed by atoms with E-state index < -0.39 is 6.09 Å². The molecule has 1 unspecified atom stereocenters. The van der Waals surface area contributed by atoms with Crippen LogP contribution in [0.3, 0.4) is 0 Å². The fourth-order valence-electron chi connectivity index (χ4n) is 6.41. The van der Waals surface area contributed by atoms with Gasteiger partial charge in [0.05, 0.1) is 12.1 Å². The summed E-state index contributed by atoms with van der Waals surface area (Å²) < 4.78 is 6.73. The molecule has 8 nitrogen and oxygen atoms in total. The van der Waals surface area contributed by atoms with Crippen LogP contribution in [0.15, 0.2) is 60.8 Å². The molecule has 2 aromatic heterocycles. The number of carbonyl (C=O) groups excluding carboxylic acids is 1. The number of thiophene rings is 1. The third-order valence-corrected chi connectivity index (χ3v) is 10.3. The number of halogens is 1. The molecule has 0 aliphatic heterocycles. The lowest BCUT2D eigenvalue weighted by molar-refractivity contribution is 0.0543. The third kappa shape index (κ3) is 6.79. The van der Waals surface area contributed by atoms with Crippen LogP contribution in [0.5, 0.6) is 5.75 Å². The lowest BCUT2D eigenvalue weighted by Crippen LogP contribution is -2.50. The molecule has 2 heterocycles. The molecule has 232 valence electrons. The van der Waals surface area contributed by atoms with Crippen molar-refractivity contribution in [2.24, 2.45) is 11.3 Å². The summed E-state index contributed by atoms with van der Waals surface area (Å²) in [5.74, 6) is 1.19. The van der Waals surface area contributed by atoms with Crippen molar-refractivity contribution in [3.63, 3.8) is 0 Å². The second-order valence-electron chi connectivity index (χ2n) is 12.5. The topological polar surface area (TPSA) is 118 Å². The molecule has 0 bridgehead atoms. The van der Waals surface area contributed by atoms with Gasteiger partial charge in [-0.3, -0.25) is 4.79 Å². The number of nitrogens with zero attached hydrogens (tertiary/aromatic N) is 2. The molecule has 0 saturated heterocycles. The zero-order chi connectivity index (χ0) is 31.6. The number of carbonyl (C=O) groups is 2. The van der Waals surface area contributed by atoms with Gasteiger partial charge in [-0.1, -0.05) is 56.6 Å². The van der Waals surface area contributed by atoms with Gasteiger partial charge < -0.3 is 25.8 Å². The van der Waals surface area contributed by atoms with Crippen molar-refractivity contribution in [1.82, 2.24) is 15.2 Å². The summed E-state index contributed by atoms with van der Waals surface area (Å²) in [6.07, 6.45) is 3.81. The number of nitrogens with two attached hydrogens (primary N) is 1. The molecule has 1 atom stereocenters. The number of hydrogen-bond acceptors (Lipinski definition) is 6. The van der Waals surface area contributed by atoms with Crippen molar-refractivity contribution in [1.29, 1.82) is 0 Å². The number of benzene rings is 2. The number of amides is 2. The monoisotopic (exact) mass is 634 g/mol. The van der Waals surface area contributed by atoms with Crippen molar-refractivity contribution < 1.29 is 19.4 Å². The summed E-state index contributed by atoms with van der Waals surface area (Å²) >= 11 is 8.25. The van der Waals surface area contributed by atoms with E-state index in [1.165, 1.54) is 11.3 Å². The predicted molar refractivity (Wildman–Crippen MR) is 177 cm³/mol. The van der Waals surface area contributed by atoms with Crippen LogP contribution >= 0.6 is 22.9 Å². The molecule has 1 saturated carbocycles. The van der Waals surface area contributed by atoms with Gasteiger partial charge in [0.1, 0.15) is 16.4 Å². The number of methoxy groups -OCH3 is 1. The van der Waals surface area contributed by atoms with Crippen LogP contribution in [0, 0.1) is 11.3 Å². The van der Waals surface area contributed by atoms with Crippen molar-refractivity contribution in [3.05, 3.63) is 76.3 Å². The van der Waals surface area contributed by atoms with Crippen LogP contribution in [-0.4, -0.2) is 46.2 Å². The van der Waals surface area contributed by atoms with Gasteiger partial charge in [0.2, 0.25) is 0 Å². The first-order chi connectivity index (χ1) is 21.0. The Balaban J connectivity index is 1.49. The zero-order valence-electron chi connectivity index (χ0n) is 25.5. The number of pyridine rings is 1. The number of ether oxygens (including phenoxy) is 1. The minimum absolute atomic E-state index is 0.0583. The first-order valence-corrected chi connectivity index (χ1v) is 16.0. The molecule has 0 spiro atoms. The molecule has 4 aromatic rings. The van der Waals surface area contributed by atoms with Crippen molar-refractivity contribution in [3.8, 4) is 16.9 Å². The number of carboxylic acid groups (broad SMARTS) is 1. The Hall–Kier alpha value is -3.82. The summed E-state index contributed by atoms with van der Waals surface area (Å²) in [5, 5.41) is 13.7. The number of rotatable bonds is 8. The number of fused-ring (bicyclic) bond motifs is 1. The highest BCUT2D eigenvalue weighted by Crippen LogP contribution is 2.40. The Morgan fingerprint density at radius 3 is 2.43 bits per heavy atom. The van der Waals surface area contributed by atoms with Crippen molar-refractivity contribution in [2.75, 3.05) is 12.8 Å². The third-order valence-electron chi connectivity index (χ3n) is 8.60. The Morgan fingerprint density at radius 2 is 1.82 bits per heavy atom. The summed E-state index contributed by atoms with van der Waals surface area (Å²) in [6.45, 7) is 6.52. The van der Waals surface area contributed by atoms with Crippen molar-refractivity contribution in [2.45, 2.75) is 65.1 Å². The minimum atomic E-state index is -1.01. The number of anilines is 1. The molecular weight excluding hydrogens is 596 g/mol. The lowest BCUT2D eigenvalue weighted by atomic mass is 9.72. The highest BCUT2D eigenvalue weighted by Gasteiger charge is 2.38. The molecule has 1 fully saturated rings. The Labute approximate surface area is 267 Å². The van der Waals surface area contributed by atoms with E-state index in [9.17, 15) is 14.7 Å². The molecule has 5 rings (SSSR count). The van der Waals surface area contributed by atoms with E-state index in [1.807, 2.05) is 53.4 Å². The summed E-state index contributed by atoms with van der Waals surface area (Å²) in [7, 11) is 1.63. The second kappa shape index (κ2) is 13.0. The molecule has 10 heteroatoms. The molecule has 1 aliphatic carbocycles. The number of nitrogen functional groups attached to an aromatic ring is 1. The van der Waals surface area contributed by atoms with Gasteiger partial charge in [0.25, 0.3) is 5.91 Å². The zero-order valence-corrected chi connectivity index (χ0v) is 27.0. The fourth-order valence-corrected chi connectivity index (χ4v) is 7.88. The summed E-state index contributed by atoms with van der Waals surface area (Å²) in [6, 6.07) is 17.2. The van der Waals surface area contributed by atoms with E-state index >= 15 is 0 Å². The minimum Gasteiger partial charge on any atom is -0.496 e. The maximum Gasteiger partial charge on any atom is 0.404 e. The number of aromatic nitrogens is 1. The highest BCUT2D eigenvalue weighted by atomic mass is 35.5. The van der Waals surface area contributed by atoms with Gasteiger partial charge in [0.15, 0.2) is 0 Å². The molecule has 4 N–H and O–H groups in total. The van der Waals surface area contributed by atoms with E-state index in [-0.39, 0.29) is 29.3 Å². The summed E-state index contributed by atoms with van der Waals surface area (Å²) in [4.78, 5) is 32.8. The van der Waals surface area contributed by atoms with Crippen LogP contribution in [0.1, 0.15) is 61.7 Å². The number of hydrogen-bond donors (Lipinski definition) is 3.